The quantitative estimate of drug-likeness (QED) is 0.893. The Hall–Kier alpha value is -0.610. The van der Waals surface area contributed by atoms with Crippen LogP contribution in [-0.4, -0.2) is 21.8 Å². The van der Waals surface area contributed by atoms with Gasteiger partial charge in [0.15, 0.2) is 0 Å². The molecule has 1 aromatic rings. The van der Waals surface area contributed by atoms with E-state index in [0.717, 1.165) is 12.4 Å². The number of nitrogens with zero attached hydrogens (tertiary/aromatic N) is 2. The van der Waals surface area contributed by atoms with Gasteiger partial charge in [0.2, 0.25) is 0 Å². The molecule has 0 aliphatic carbocycles. The Labute approximate surface area is 108 Å². The number of hydrogen-bond acceptors (Lipinski definition) is 4. The lowest BCUT2D eigenvalue weighted by Gasteiger charge is -2.19. The molecular weight excluding hydrogens is 230 g/mol. The maximum Gasteiger partial charge on any atom is 0.141 e. The van der Waals surface area contributed by atoms with E-state index in [1.165, 1.54) is 30.6 Å². The zero-order valence-corrected chi connectivity index (χ0v) is 11.5. The van der Waals surface area contributed by atoms with Gasteiger partial charge in [-0.1, -0.05) is 20.3 Å². The molecule has 2 heterocycles. The van der Waals surface area contributed by atoms with Gasteiger partial charge in [-0.05, 0) is 18.6 Å². The monoisotopic (exact) mass is 251 g/mol. The minimum atomic E-state index is 0.503. The van der Waals surface area contributed by atoms with E-state index in [-0.39, 0.29) is 0 Å². The molecule has 0 radical (unpaired) electrons. The van der Waals surface area contributed by atoms with E-state index in [9.17, 15) is 0 Å². The summed E-state index contributed by atoms with van der Waals surface area (Å²) < 4.78 is 0. The molecule has 1 atom stereocenters. The van der Waals surface area contributed by atoms with E-state index < -0.39 is 0 Å². The second-order valence-corrected chi connectivity index (χ2v) is 6.15. The van der Waals surface area contributed by atoms with Gasteiger partial charge in [-0.25, -0.2) is 9.97 Å². The maximum atomic E-state index is 4.51. The van der Waals surface area contributed by atoms with Crippen molar-refractivity contribution in [3.8, 4) is 0 Å². The summed E-state index contributed by atoms with van der Waals surface area (Å²) in [6.45, 7) is 5.15. The minimum absolute atomic E-state index is 0.503. The van der Waals surface area contributed by atoms with Crippen molar-refractivity contribution in [1.82, 2.24) is 15.3 Å². The molecular formula is C13H21N3S. The summed E-state index contributed by atoms with van der Waals surface area (Å²) in [5.74, 6) is 2.27. The smallest absolute Gasteiger partial charge is 0.141 e. The Morgan fingerprint density at radius 1 is 1.35 bits per heavy atom. The summed E-state index contributed by atoms with van der Waals surface area (Å²) >= 11 is 2.00. The molecule has 1 saturated heterocycles. The lowest BCUT2D eigenvalue weighted by molar-refractivity contribution is 0.585. The van der Waals surface area contributed by atoms with E-state index in [0.29, 0.717) is 11.3 Å². The summed E-state index contributed by atoms with van der Waals surface area (Å²) in [5, 5.41) is 3.90. The van der Waals surface area contributed by atoms with E-state index in [1.54, 1.807) is 0 Å². The zero-order chi connectivity index (χ0) is 12.1. The highest BCUT2D eigenvalue weighted by Gasteiger charge is 2.18. The lowest BCUT2D eigenvalue weighted by Crippen LogP contribution is -2.22. The summed E-state index contributed by atoms with van der Waals surface area (Å²) in [6.07, 6.45) is 7.82. The molecule has 1 aliphatic heterocycles. The third-order valence-corrected chi connectivity index (χ3v) is 4.28. The summed E-state index contributed by atoms with van der Waals surface area (Å²) in [6, 6.07) is 0.503. The van der Waals surface area contributed by atoms with Crippen LogP contribution in [0.3, 0.4) is 0 Å². The van der Waals surface area contributed by atoms with Crippen LogP contribution in [0.25, 0.3) is 0 Å². The third kappa shape index (κ3) is 3.96. The van der Waals surface area contributed by atoms with Crippen LogP contribution >= 0.6 is 11.8 Å². The van der Waals surface area contributed by atoms with Crippen LogP contribution in [0.4, 0.5) is 0 Å². The maximum absolute atomic E-state index is 4.51. The van der Waals surface area contributed by atoms with Crippen molar-refractivity contribution in [2.45, 2.75) is 50.9 Å². The molecule has 1 aliphatic rings. The van der Waals surface area contributed by atoms with E-state index in [4.69, 9.17) is 0 Å². The van der Waals surface area contributed by atoms with E-state index in [1.807, 2.05) is 24.2 Å². The van der Waals surface area contributed by atoms with Crippen molar-refractivity contribution in [3.05, 3.63) is 23.8 Å². The van der Waals surface area contributed by atoms with Gasteiger partial charge in [0.25, 0.3) is 0 Å². The van der Waals surface area contributed by atoms with Crippen molar-refractivity contribution in [1.29, 1.82) is 0 Å². The topological polar surface area (TPSA) is 37.8 Å². The molecule has 3 nitrogen and oxygen atoms in total. The van der Waals surface area contributed by atoms with Crippen LogP contribution in [-0.2, 0) is 6.54 Å². The second-order valence-electron chi connectivity index (χ2n) is 4.84. The SMILES string of the molecule is CC(C)NCc1cnc(C2CCCCS2)nc1. The van der Waals surface area contributed by atoms with Crippen LogP contribution < -0.4 is 5.32 Å². The van der Waals surface area contributed by atoms with Crippen molar-refractivity contribution in [3.63, 3.8) is 0 Å². The molecule has 0 spiro atoms. The van der Waals surface area contributed by atoms with Crippen LogP contribution in [0.15, 0.2) is 12.4 Å². The minimum Gasteiger partial charge on any atom is -0.310 e. The average Bonchev–Trinajstić information content (AvgIpc) is 2.38. The summed E-state index contributed by atoms with van der Waals surface area (Å²) in [7, 11) is 0. The Morgan fingerprint density at radius 2 is 2.12 bits per heavy atom. The van der Waals surface area contributed by atoms with Gasteiger partial charge in [0.1, 0.15) is 5.82 Å². The van der Waals surface area contributed by atoms with Gasteiger partial charge >= 0.3 is 0 Å². The standard InChI is InChI=1S/C13H21N3S/c1-10(2)14-7-11-8-15-13(16-9-11)12-5-3-4-6-17-12/h8-10,12,14H,3-7H2,1-2H3. The molecule has 94 valence electrons. The first-order valence-corrected chi connectivity index (χ1v) is 7.46. The van der Waals surface area contributed by atoms with Crippen molar-refractivity contribution < 1.29 is 0 Å². The number of thioether (sulfide) groups is 1. The van der Waals surface area contributed by atoms with Gasteiger partial charge in [0, 0.05) is 30.5 Å². The number of nitrogens with one attached hydrogen (secondary N) is 1. The number of rotatable bonds is 4. The predicted octanol–water partition coefficient (Wildman–Crippen LogP) is 2.93. The summed E-state index contributed by atoms with van der Waals surface area (Å²) in [4.78, 5) is 9.02. The zero-order valence-electron chi connectivity index (χ0n) is 10.6. The third-order valence-electron chi connectivity index (χ3n) is 2.91. The molecule has 1 unspecified atom stereocenters. The highest BCUT2D eigenvalue weighted by Crippen LogP contribution is 2.36. The molecule has 4 heteroatoms. The number of aromatic nitrogens is 2. The number of hydrogen-bond donors (Lipinski definition) is 1. The second kappa shape index (κ2) is 6.36. The fraction of sp³-hybridized carbons (Fsp3) is 0.692. The molecule has 1 N–H and O–H groups in total. The molecule has 0 saturated carbocycles. The van der Waals surface area contributed by atoms with Crippen LogP contribution in [0.1, 0.15) is 49.7 Å². The van der Waals surface area contributed by atoms with E-state index >= 15 is 0 Å². The van der Waals surface area contributed by atoms with Gasteiger partial charge in [-0.3, -0.25) is 0 Å². The Morgan fingerprint density at radius 3 is 2.71 bits per heavy atom. The van der Waals surface area contributed by atoms with Gasteiger partial charge < -0.3 is 5.32 Å². The molecule has 17 heavy (non-hydrogen) atoms. The largest absolute Gasteiger partial charge is 0.310 e. The first-order chi connectivity index (χ1) is 8.25. The highest BCUT2D eigenvalue weighted by atomic mass is 32.2. The van der Waals surface area contributed by atoms with Gasteiger partial charge in [0.05, 0.1) is 5.25 Å². The van der Waals surface area contributed by atoms with Crippen LogP contribution in [0.2, 0.25) is 0 Å². The Kier molecular flexibility index (Phi) is 4.80. The van der Waals surface area contributed by atoms with Crippen LogP contribution in [0, 0.1) is 0 Å². The Balaban J connectivity index is 1.92. The Bertz CT molecular complexity index is 331. The average molecular weight is 251 g/mol. The summed E-state index contributed by atoms with van der Waals surface area (Å²) in [5.41, 5.74) is 1.17. The van der Waals surface area contributed by atoms with Crippen LogP contribution in [0.5, 0.6) is 0 Å². The van der Waals surface area contributed by atoms with Crippen molar-refractivity contribution in [2.24, 2.45) is 0 Å². The fourth-order valence-corrected chi connectivity index (χ4v) is 3.15. The molecule has 0 amide bonds. The molecule has 0 aromatic carbocycles. The van der Waals surface area contributed by atoms with Crippen molar-refractivity contribution >= 4 is 11.8 Å². The molecule has 0 bridgehead atoms. The van der Waals surface area contributed by atoms with Gasteiger partial charge in [-0.15, -0.1) is 0 Å². The molecule has 1 fully saturated rings. The molecule has 2 rings (SSSR count). The van der Waals surface area contributed by atoms with E-state index in [2.05, 4.69) is 29.1 Å². The molecule has 1 aromatic heterocycles. The lowest BCUT2D eigenvalue weighted by atomic mass is 10.2. The fourth-order valence-electron chi connectivity index (χ4n) is 1.89. The normalized spacial score (nSPS) is 20.8. The van der Waals surface area contributed by atoms with Gasteiger partial charge in [-0.2, -0.15) is 11.8 Å². The predicted molar refractivity (Wildman–Crippen MR) is 73.1 cm³/mol. The first-order valence-electron chi connectivity index (χ1n) is 6.41. The highest BCUT2D eigenvalue weighted by molar-refractivity contribution is 7.99. The first kappa shape index (κ1) is 12.8. The van der Waals surface area contributed by atoms with Crippen molar-refractivity contribution in [2.75, 3.05) is 5.75 Å².